The summed E-state index contributed by atoms with van der Waals surface area (Å²) in [5, 5.41) is 11.0. The molecule has 2 amide bonds. The zero-order valence-electron chi connectivity index (χ0n) is 8.70. The molecule has 0 saturated heterocycles. The molecule has 0 aromatic heterocycles. The van der Waals surface area contributed by atoms with Crippen LogP contribution in [0, 0.1) is 12.3 Å². The van der Waals surface area contributed by atoms with E-state index < -0.39 is 23.6 Å². The summed E-state index contributed by atoms with van der Waals surface area (Å²) in [6, 6.07) is -0.795. The Labute approximate surface area is 88.3 Å². The minimum Gasteiger partial charge on any atom is -0.503 e. The number of amides is 2. The van der Waals surface area contributed by atoms with Crippen molar-refractivity contribution in [3.8, 4) is 12.3 Å². The number of carbonyl (C=O) groups excluding carboxylic acids is 2. The van der Waals surface area contributed by atoms with Gasteiger partial charge in [0.1, 0.15) is 0 Å². The van der Waals surface area contributed by atoms with Gasteiger partial charge in [-0.1, -0.05) is 13.8 Å². The number of hydrogen-bond donors (Lipinski definition) is 3. The van der Waals surface area contributed by atoms with E-state index in [-0.39, 0.29) is 12.0 Å². The summed E-state index contributed by atoms with van der Waals surface area (Å²) in [5.41, 5.74) is 5.32. The van der Waals surface area contributed by atoms with Crippen LogP contribution in [0.2, 0.25) is 0 Å². The molecule has 1 rings (SSSR count). The lowest BCUT2D eigenvalue weighted by molar-refractivity contribution is -0.125. The summed E-state index contributed by atoms with van der Waals surface area (Å²) in [7, 11) is 0. The van der Waals surface area contributed by atoms with Crippen LogP contribution in [0.15, 0.2) is 11.3 Å². The van der Waals surface area contributed by atoms with E-state index in [2.05, 4.69) is 5.92 Å². The predicted octanol–water partition coefficient (Wildman–Crippen LogP) is -0.168. The first kappa shape index (κ1) is 13.2. The van der Waals surface area contributed by atoms with Gasteiger partial charge in [-0.15, -0.1) is 12.3 Å². The SMILES string of the molecule is C#CCC(N)C1=C(O)C(=O)NC1=O.CC. The lowest BCUT2D eigenvalue weighted by atomic mass is 10.1. The molecule has 15 heavy (non-hydrogen) atoms. The monoisotopic (exact) mass is 210 g/mol. The maximum Gasteiger partial charge on any atom is 0.293 e. The Morgan fingerprint density at radius 1 is 1.47 bits per heavy atom. The second kappa shape index (κ2) is 5.83. The van der Waals surface area contributed by atoms with E-state index >= 15 is 0 Å². The third-order valence-electron chi connectivity index (χ3n) is 1.65. The van der Waals surface area contributed by atoms with E-state index in [4.69, 9.17) is 17.3 Å². The van der Waals surface area contributed by atoms with Crippen molar-refractivity contribution in [1.29, 1.82) is 0 Å². The second-order valence-electron chi connectivity index (χ2n) is 2.56. The Morgan fingerprint density at radius 3 is 2.33 bits per heavy atom. The molecule has 0 fully saturated rings. The average Bonchev–Trinajstić information content (AvgIpc) is 2.45. The van der Waals surface area contributed by atoms with Gasteiger partial charge in [0.15, 0.2) is 5.76 Å². The Kier molecular flexibility index (Phi) is 5.13. The maximum atomic E-state index is 11.0. The van der Waals surface area contributed by atoms with E-state index in [1.165, 1.54) is 0 Å². The van der Waals surface area contributed by atoms with Gasteiger partial charge in [0.25, 0.3) is 11.8 Å². The molecule has 5 heteroatoms. The second-order valence-corrected chi connectivity index (χ2v) is 2.56. The predicted molar refractivity (Wildman–Crippen MR) is 55.6 cm³/mol. The van der Waals surface area contributed by atoms with Gasteiger partial charge in [-0.2, -0.15) is 0 Å². The smallest absolute Gasteiger partial charge is 0.293 e. The molecule has 1 atom stereocenters. The first-order valence-corrected chi connectivity index (χ1v) is 4.55. The fourth-order valence-corrected chi connectivity index (χ4v) is 1.03. The Morgan fingerprint density at radius 2 is 2.00 bits per heavy atom. The number of aliphatic hydroxyl groups excluding tert-OH is 1. The quantitative estimate of drug-likeness (QED) is 0.436. The third-order valence-corrected chi connectivity index (χ3v) is 1.65. The van der Waals surface area contributed by atoms with Gasteiger partial charge < -0.3 is 10.8 Å². The zero-order valence-corrected chi connectivity index (χ0v) is 8.70. The molecule has 0 bridgehead atoms. The lowest BCUT2D eigenvalue weighted by Gasteiger charge is -2.06. The number of rotatable bonds is 2. The average molecular weight is 210 g/mol. The Balaban J connectivity index is 0.000000921. The van der Waals surface area contributed by atoms with Crippen molar-refractivity contribution in [2.24, 2.45) is 5.73 Å². The van der Waals surface area contributed by atoms with Crippen LogP contribution in [0.3, 0.4) is 0 Å². The number of nitrogens with one attached hydrogen (secondary N) is 1. The molecular weight excluding hydrogens is 196 g/mol. The van der Waals surface area contributed by atoms with E-state index in [0.717, 1.165) is 0 Å². The normalized spacial score (nSPS) is 16.4. The molecule has 82 valence electrons. The van der Waals surface area contributed by atoms with Crippen LogP contribution in [0.4, 0.5) is 0 Å². The van der Waals surface area contributed by atoms with E-state index in [1.807, 2.05) is 19.2 Å². The van der Waals surface area contributed by atoms with E-state index in [0.29, 0.717) is 0 Å². The summed E-state index contributed by atoms with van der Waals surface area (Å²) in [6.45, 7) is 4.00. The molecular formula is C10H14N2O3. The molecule has 0 aliphatic carbocycles. The van der Waals surface area contributed by atoms with Crippen molar-refractivity contribution >= 4 is 11.8 Å². The summed E-state index contributed by atoms with van der Waals surface area (Å²) in [6.07, 6.45) is 5.07. The van der Waals surface area contributed by atoms with Crippen LogP contribution in [0.25, 0.3) is 0 Å². The van der Waals surface area contributed by atoms with Crippen molar-refractivity contribution in [2.45, 2.75) is 26.3 Å². The third kappa shape index (κ3) is 2.82. The number of aliphatic hydroxyl groups is 1. The first-order valence-electron chi connectivity index (χ1n) is 4.55. The first-order chi connectivity index (χ1) is 7.07. The molecule has 1 unspecified atom stereocenters. The lowest BCUT2D eigenvalue weighted by Crippen LogP contribution is -2.30. The largest absolute Gasteiger partial charge is 0.503 e. The summed E-state index contributed by atoms with van der Waals surface area (Å²) < 4.78 is 0. The van der Waals surface area contributed by atoms with Crippen molar-refractivity contribution in [3.05, 3.63) is 11.3 Å². The maximum absolute atomic E-state index is 11.0. The fourth-order valence-electron chi connectivity index (χ4n) is 1.03. The molecule has 0 spiro atoms. The molecule has 0 saturated carbocycles. The Hall–Kier alpha value is -1.80. The molecule has 0 aromatic rings. The number of nitrogens with two attached hydrogens (primary N) is 1. The molecule has 1 heterocycles. The highest BCUT2D eigenvalue weighted by atomic mass is 16.3. The fraction of sp³-hybridized carbons (Fsp3) is 0.400. The minimum atomic E-state index is -0.826. The van der Waals surface area contributed by atoms with Gasteiger partial charge in [0.05, 0.1) is 5.57 Å². The number of terminal acetylenes is 1. The van der Waals surface area contributed by atoms with Crippen LogP contribution >= 0.6 is 0 Å². The topological polar surface area (TPSA) is 92.4 Å². The molecule has 0 aromatic carbocycles. The molecule has 1 aliphatic rings. The van der Waals surface area contributed by atoms with Crippen molar-refractivity contribution in [2.75, 3.05) is 0 Å². The van der Waals surface area contributed by atoms with Crippen molar-refractivity contribution in [1.82, 2.24) is 5.32 Å². The van der Waals surface area contributed by atoms with Crippen LogP contribution in [-0.2, 0) is 9.59 Å². The molecule has 0 radical (unpaired) electrons. The van der Waals surface area contributed by atoms with Gasteiger partial charge in [-0.25, -0.2) is 0 Å². The number of carbonyl (C=O) groups is 2. The summed E-state index contributed by atoms with van der Waals surface area (Å²) in [5.74, 6) is 0.105. The molecule has 1 aliphatic heterocycles. The van der Waals surface area contributed by atoms with E-state index in [1.54, 1.807) is 0 Å². The van der Waals surface area contributed by atoms with Crippen molar-refractivity contribution < 1.29 is 14.7 Å². The summed E-state index contributed by atoms with van der Waals surface area (Å²) in [4.78, 5) is 21.8. The summed E-state index contributed by atoms with van der Waals surface area (Å²) >= 11 is 0. The number of imide groups is 1. The highest BCUT2D eigenvalue weighted by Crippen LogP contribution is 2.14. The molecule has 4 N–H and O–H groups in total. The van der Waals surface area contributed by atoms with Gasteiger partial charge in [-0.05, 0) is 0 Å². The van der Waals surface area contributed by atoms with Crippen molar-refractivity contribution in [3.63, 3.8) is 0 Å². The molecule has 5 nitrogen and oxygen atoms in total. The minimum absolute atomic E-state index is 0.0973. The highest BCUT2D eigenvalue weighted by Gasteiger charge is 2.33. The van der Waals surface area contributed by atoms with Gasteiger partial charge in [0, 0.05) is 12.5 Å². The van der Waals surface area contributed by atoms with Crippen LogP contribution in [-0.4, -0.2) is 23.0 Å². The van der Waals surface area contributed by atoms with E-state index in [9.17, 15) is 9.59 Å². The highest BCUT2D eigenvalue weighted by molar-refractivity contribution is 6.18. The van der Waals surface area contributed by atoms with Crippen LogP contribution in [0.5, 0.6) is 0 Å². The van der Waals surface area contributed by atoms with Gasteiger partial charge in [-0.3, -0.25) is 14.9 Å². The van der Waals surface area contributed by atoms with Gasteiger partial charge >= 0.3 is 0 Å². The Bertz CT molecular complexity index is 339. The van der Waals surface area contributed by atoms with Gasteiger partial charge in [0.2, 0.25) is 0 Å². The van der Waals surface area contributed by atoms with Crippen LogP contribution < -0.4 is 11.1 Å². The standard InChI is InChI=1S/C8H8N2O3.C2H6/c1-2-3-4(9)5-6(11)8(13)10-7(5)12;1-2/h1,4H,3,9H2,(H2,10,11,12,13);1-2H3. The number of hydrogen-bond acceptors (Lipinski definition) is 4. The zero-order chi connectivity index (χ0) is 12.0. The van der Waals surface area contributed by atoms with Crippen LogP contribution in [0.1, 0.15) is 20.3 Å².